The Labute approximate surface area is 143 Å². The Bertz CT molecular complexity index is 581. The first kappa shape index (κ1) is 18.1. The number of benzene rings is 1. The summed E-state index contributed by atoms with van der Waals surface area (Å²) >= 11 is 0. The molecule has 3 amide bonds. The van der Waals surface area contributed by atoms with E-state index >= 15 is 0 Å². The molecular formula is C18H27N3O3. The van der Waals surface area contributed by atoms with Crippen molar-refractivity contribution in [1.82, 2.24) is 9.80 Å². The van der Waals surface area contributed by atoms with E-state index in [1.54, 1.807) is 20.1 Å². The molecule has 0 radical (unpaired) electrons. The summed E-state index contributed by atoms with van der Waals surface area (Å²) in [5.74, 6) is 0.809. The standard InChI is InChI=1S/C18H27N3O3/c1-13(2)21(16-8-10-20(11-9-16)14(3)22)18(23)19-15-6-5-7-17(12-15)24-4/h5-7,12-13,16H,8-11H2,1-4H3,(H,19,23). The van der Waals surface area contributed by atoms with Crippen molar-refractivity contribution in [2.24, 2.45) is 0 Å². The van der Waals surface area contributed by atoms with Crippen LogP contribution in [-0.4, -0.2) is 54.0 Å². The molecule has 1 aliphatic heterocycles. The topological polar surface area (TPSA) is 61.9 Å². The fourth-order valence-electron chi connectivity index (χ4n) is 3.17. The van der Waals surface area contributed by atoms with E-state index in [9.17, 15) is 9.59 Å². The maximum atomic E-state index is 12.8. The minimum absolute atomic E-state index is 0.0875. The minimum atomic E-state index is -0.112. The zero-order valence-corrected chi connectivity index (χ0v) is 14.9. The van der Waals surface area contributed by atoms with E-state index in [0.717, 1.165) is 12.8 Å². The quantitative estimate of drug-likeness (QED) is 0.921. The largest absolute Gasteiger partial charge is 0.497 e. The van der Waals surface area contributed by atoms with Crippen molar-refractivity contribution in [3.8, 4) is 5.75 Å². The lowest BCUT2D eigenvalue weighted by Gasteiger charge is -2.40. The van der Waals surface area contributed by atoms with Crippen LogP contribution < -0.4 is 10.1 Å². The average molecular weight is 333 g/mol. The normalized spacial score (nSPS) is 15.3. The molecule has 0 aromatic heterocycles. The van der Waals surface area contributed by atoms with Gasteiger partial charge in [0.25, 0.3) is 0 Å². The molecule has 0 aliphatic carbocycles. The molecule has 1 aliphatic rings. The number of carbonyl (C=O) groups is 2. The highest BCUT2D eigenvalue weighted by Crippen LogP contribution is 2.22. The fraction of sp³-hybridized carbons (Fsp3) is 0.556. The van der Waals surface area contributed by atoms with Gasteiger partial charge < -0.3 is 19.9 Å². The fourth-order valence-corrected chi connectivity index (χ4v) is 3.17. The van der Waals surface area contributed by atoms with E-state index < -0.39 is 0 Å². The molecule has 6 heteroatoms. The summed E-state index contributed by atoms with van der Waals surface area (Å²) in [6.07, 6.45) is 1.62. The van der Waals surface area contributed by atoms with E-state index in [1.165, 1.54) is 0 Å². The number of nitrogens with one attached hydrogen (secondary N) is 1. The molecule has 1 fully saturated rings. The third kappa shape index (κ3) is 4.40. The second-order valence-electron chi connectivity index (χ2n) is 6.40. The van der Waals surface area contributed by atoms with E-state index in [-0.39, 0.29) is 24.0 Å². The Morgan fingerprint density at radius 2 is 1.96 bits per heavy atom. The second-order valence-corrected chi connectivity index (χ2v) is 6.40. The molecule has 0 spiro atoms. The van der Waals surface area contributed by atoms with Gasteiger partial charge in [-0.1, -0.05) is 6.07 Å². The van der Waals surface area contributed by atoms with Crippen LogP contribution in [-0.2, 0) is 4.79 Å². The number of rotatable bonds is 4. The van der Waals surface area contributed by atoms with Crippen molar-refractivity contribution in [2.75, 3.05) is 25.5 Å². The maximum absolute atomic E-state index is 12.8. The zero-order valence-electron chi connectivity index (χ0n) is 14.9. The Hall–Kier alpha value is -2.24. The summed E-state index contributed by atoms with van der Waals surface area (Å²) in [5, 5.41) is 2.96. The smallest absolute Gasteiger partial charge is 0.322 e. The van der Waals surface area contributed by atoms with Crippen LogP contribution in [0.25, 0.3) is 0 Å². The number of hydrogen-bond acceptors (Lipinski definition) is 3. The molecule has 24 heavy (non-hydrogen) atoms. The van der Waals surface area contributed by atoms with E-state index in [1.807, 2.05) is 41.8 Å². The summed E-state index contributed by atoms with van der Waals surface area (Å²) in [6.45, 7) is 7.03. The second kappa shape index (κ2) is 8.04. The van der Waals surface area contributed by atoms with Crippen LogP contribution in [0.1, 0.15) is 33.6 Å². The Morgan fingerprint density at radius 1 is 1.29 bits per heavy atom. The molecular weight excluding hydrogens is 306 g/mol. The van der Waals surface area contributed by atoms with Crippen LogP contribution in [0.5, 0.6) is 5.75 Å². The van der Waals surface area contributed by atoms with Crippen molar-refractivity contribution in [3.63, 3.8) is 0 Å². The molecule has 132 valence electrons. The van der Waals surface area contributed by atoms with E-state index in [0.29, 0.717) is 24.5 Å². The average Bonchev–Trinajstić information content (AvgIpc) is 2.55. The summed E-state index contributed by atoms with van der Waals surface area (Å²) in [4.78, 5) is 28.0. The van der Waals surface area contributed by atoms with Gasteiger partial charge >= 0.3 is 6.03 Å². The molecule has 0 bridgehead atoms. The van der Waals surface area contributed by atoms with Crippen molar-refractivity contribution in [2.45, 2.75) is 45.7 Å². The highest BCUT2D eigenvalue weighted by atomic mass is 16.5. The van der Waals surface area contributed by atoms with Crippen LogP contribution in [0.2, 0.25) is 0 Å². The molecule has 2 rings (SSSR count). The Kier molecular flexibility index (Phi) is 6.06. The number of carbonyl (C=O) groups excluding carboxylic acids is 2. The van der Waals surface area contributed by atoms with Gasteiger partial charge in [-0.3, -0.25) is 4.79 Å². The molecule has 1 N–H and O–H groups in total. The van der Waals surface area contributed by atoms with Gasteiger partial charge in [-0.25, -0.2) is 4.79 Å². The number of urea groups is 1. The van der Waals surface area contributed by atoms with Crippen molar-refractivity contribution >= 4 is 17.6 Å². The number of amides is 3. The number of methoxy groups -OCH3 is 1. The van der Waals surface area contributed by atoms with Crippen LogP contribution >= 0.6 is 0 Å². The van der Waals surface area contributed by atoms with Gasteiger partial charge in [-0.15, -0.1) is 0 Å². The number of piperidine rings is 1. The molecule has 0 saturated carbocycles. The lowest BCUT2D eigenvalue weighted by atomic mass is 10.0. The number of nitrogens with zero attached hydrogens (tertiary/aromatic N) is 2. The van der Waals surface area contributed by atoms with Gasteiger partial charge in [0.1, 0.15) is 5.75 Å². The summed E-state index contributed by atoms with van der Waals surface area (Å²) in [7, 11) is 1.60. The van der Waals surface area contributed by atoms with Gasteiger partial charge in [0.05, 0.1) is 7.11 Å². The maximum Gasteiger partial charge on any atom is 0.322 e. The third-order valence-corrected chi connectivity index (χ3v) is 4.42. The Morgan fingerprint density at radius 3 is 2.50 bits per heavy atom. The van der Waals surface area contributed by atoms with E-state index in [4.69, 9.17) is 4.74 Å². The first-order valence-corrected chi connectivity index (χ1v) is 8.41. The van der Waals surface area contributed by atoms with Gasteiger partial charge in [0.15, 0.2) is 0 Å². The van der Waals surface area contributed by atoms with Crippen LogP contribution in [0.4, 0.5) is 10.5 Å². The molecule has 1 saturated heterocycles. The predicted molar refractivity (Wildman–Crippen MR) is 94.3 cm³/mol. The summed E-state index contributed by atoms with van der Waals surface area (Å²) in [6, 6.07) is 7.45. The molecule has 1 heterocycles. The van der Waals surface area contributed by atoms with Gasteiger partial charge in [-0.2, -0.15) is 0 Å². The van der Waals surface area contributed by atoms with Crippen molar-refractivity contribution < 1.29 is 14.3 Å². The minimum Gasteiger partial charge on any atom is -0.497 e. The molecule has 6 nitrogen and oxygen atoms in total. The van der Waals surface area contributed by atoms with Crippen LogP contribution in [0, 0.1) is 0 Å². The highest BCUT2D eigenvalue weighted by Gasteiger charge is 2.30. The number of likely N-dealkylation sites (tertiary alicyclic amines) is 1. The van der Waals surface area contributed by atoms with Crippen molar-refractivity contribution in [3.05, 3.63) is 24.3 Å². The number of anilines is 1. The molecule has 1 aromatic carbocycles. The number of hydrogen-bond donors (Lipinski definition) is 1. The number of ether oxygens (including phenoxy) is 1. The molecule has 1 aromatic rings. The van der Waals surface area contributed by atoms with Gasteiger partial charge in [0.2, 0.25) is 5.91 Å². The Balaban J connectivity index is 2.04. The first-order chi connectivity index (χ1) is 11.4. The van der Waals surface area contributed by atoms with Crippen LogP contribution in [0.3, 0.4) is 0 Å². The molecule has 0 unspecified atom stereocenters. The van der Waals surface area contributed by atoms with Gasteiger partial charge in [-0.05, 0) is 38.8 Å². The van der Waals surface area contributed by atoms with E-state index in [2.05, 4.69) is 5.32 Å². The van der Waals surface area contributed by atoms with Gasteiger partial charge in [0, 0.05) is 43.9 Å². The monoisotopic (exact) mass is 333 g/mol. The molecule has 0 atom stereocenters. The first-order valence-electron chi connectivity index (χ1n) is 8.41. The highest BCUT2D eigenvalue weighted by molar-refractivity contribution is 5.90. The SMILES string of the molecule is COc1cccc(NC(=O)N(C(C)C)C2CCN(C(C)=O)CC2)c1. The lowest BCUT2D eigenvalue weighted by Crippen LogP contribution is -2.52. The lowest BCUT2D eigenvalue weighted by molar-refractivity contribution is -0.130. The predicted octanol–water partition coefficient (Wildman–Crippen LogP) is 2.95. The van der Waals surface area contributed by atoms with Crippen LogP contribution in [0.15, 0.2) is 24.3 Å². The summed E-state index contributed by atoms with van der Waals surface area (Å²) in [5.41, 5.74) is 0.714. The van der Waals surface area contributed by atoms with Crippen molar-refractivity contribution in [1.29, 1.82) is 0 Å². The third-order valence-electron chi connectivity index (χ3n) is 4.42. The zero-order chi connectivity index (χ0) is 17.7. The summed E-state index contributed by atoms with van der Waals surface area (Å²) < 4.78 is 5.19.